The van der Waals surface area contributed by atoms with E-state index in [1.165, 1.54) is 0 Å². The van der Waals surface area contributed by atoms with Crippen LogP contribution in [0.1, 0.15) is 28.9 Å². The van der Waals surface area contributed by atoms with Crippen molar-refractivity contribution in [1.82, 2.24) is 5.32 Å². The maximum Gasteiger partial charge on any atom is 0.251 e. The van der Waals surface area contributed by atoms with Crippen LogP contribution in [0.2, 0.25) is 0 Å². The average molecular weight is 299 g/mol. The Kier molecular flexibility index (Phi) is 3.87. The van der Waals surface area contributed by atoms with E-state index < -0.39 is 0 Å². The predicted molar refractivity (Wildman–Crippen MR) is 81.4 cm³/mol. The van der Waals surface area contributed by atoms with Gasteiger partial charge in [-0.3, -0.25) is 4.79 Å². The summed E-state index contributed by atoms with van der Waals surface area (Å²) in [6.07, 6.45) is 0. The fraction of sp³-hybridized carbons (Fsp3) is 0.235. The molecule has 0 radical (unpaired) electrons. The number of ether oxygens (including phenoxy) is 3. The van der Waals surface area contributed by atoms with E-state index in [-0.39, 0.29) is 18.7 Å². The summed E-state index contributed by atoms with van der Waals surface area (Å²) in [4.78, 5) is 12.3. The molecule has 22 heavy (non-hydrogen) atoms. The summed E-state index contributed by atoms with van der Waals surface area (Å²) >= 11 is 0. The SMILES string of the molecule is COc1ccc([C@@H](C)NC(=O)c2ccc3c(c2)OCO3)cc1. The molecule has 0 spiro atoms. The number of methoxy groups -OCH3 is 1. The fourth-order valence-corrected chi connectivity index (χ4v) is 2.29. The lowest BCUT2D eigenvalue weighted by molar-refractivity contribution is 0.0939. The van der Waals surface area contributed by atoms with E-state index in [0.717, 1.165) is 11.3 Å². The largest absolute Gasteiger partial charge is 0.497 e. The number of fused-ring (bicyclic) bond motifs is 1. The summed E-state index contributed by atoms with van der Waals surface area (Å²) in [5.41, 5.74) is 1.56. The van der Waals surface area contributed by atoms with Crippen LogP contribution in [0.5, 0.6) is 17.2 Å². The maximum absolute atomic E-state index is 12.3. The van der Waals surface area contributed by atoms with Crippen molar-refractivity contribution in [2.45, 2.75) is 13.0 Å². The summed E-state index contributed by atoms with van der Waals surface area (Å²) in [6, 6.07) is 12.7. The second-order valence-corrected chi connectivity index (χ2v) is 5.04. The van der Waals surface area contributed by atoms with Crippen LogP contribution in [-0.4, -0.2) is 19.8 Å². The van der Waals surface area contributed by atoms with E-state index in [9.17, 15) is 4.79 Å². The molecule has 0 saturated heterocycles. The van der Waals surface area contributed by atoms with E-state index in [4.69, 9.17) is 14.2 Å². The third-order valence-corrected chi connectivity index (χ3v) is 3.60. The number of amides is 1. The van der Waals surface area contributed by atoms with Gasteiger partial charge in [-0.1, -0.05) is 12.1 Å². The zero-order valence-corrected chi connectivity index (χ0v) is 12.5. The van der Waals surface area contributed by atoms with Gasteiger partial charge in [0.2, 0.25) is 6.79 Å². The Morgan fingerprint density at radius 1 is 1.14 bits per heavy atom. The van der Waals surface area contributed by atoms with E-state index in [2.05, 4.69) is 5.32 Å². The molecule has 0 aromatic heterocycles. The van der Waals surface area contributed by atoms with Gasteiger partial charge in [-0.2, -0.15) is 0 Å². The summed E-state index contributed by atoms with van der Waals surface area (Å²) < 4.78 is 15.7. The number of nitrogens with one attached hydrogen (secondary N) is 1. The number of carbonyl (C=O) groups excluding carboxylic acids is 1. The van der Waals surface area contributed by atoms with Crippen LogP contribution in [0.25, 0.3) is 0 Å². The topological polar surface area (TPSA) is 56.8 Å². The summed E-state index contributed by atoms with van der Waals surface area (Å²) in [5, 5.41) is 2.96. The molecular weight excluding hydrogens is 282 g/mol. The molecule has 0 unspecified atom stereocenters. The van der Waals surface area contributed by atoms with Crippen molar-refractivity contribution in [3.05, 3.63) is 53.6 Å². The van der Waals surface area contributed by atoms with Crippen molar-refractivity contribution < 1.29 is 19.0 Å². The van der Waals surface area contributed by atoms with Crippen LogP contribution in [-0.2, 0) is 0 Å². The van der Waals surface area contributed by atoms with Crippen molar-refractivity contribution in [1.29, 1.82) is 0 Å². The molecule has 1 atom stereocenters. The molecule has 0 fully saturated rings. The first kappa shape index (κ1) is 14.3. The first-order chi connectivity index (χ1) is 10.7. The number of benzene rings is 2. The van der Waals surface area contributed by atoms with Gasteiger partial charge in [0.05, 0.1) is 13.2 Å². The normalized spacial score (nSPS) is 13.5. The van der Waals surface area contributed by atoms with Gasteiger partial charge in [0.1, 0.15) is 5.75 Å². The Morgan fingerprint density at radius 3 is 2.59 bits per heavy atom. The Morgan fingerprint density at radius 2 is 1.86 bits per heavy atom. The molecular formula is C17H17NO4. The quantitative estimate of drug-likeness (QED) is 0.943. The van der Waals surface area contributed by atoms with E-state index in [1.807, 2.05) is 31.2 Å². The molecule has 2 aromatic carbocycles. The lowest BCUT2D eigenvalue weighted by Crippen LogP contribution is -2.26. The Labute approximate surface area is 128 Å². The third kappa shape index (κ3) is 2.83. The molecule has 1 heterocycles. The second-order valence-electron chi connectivity index (χ2n) is 5.04. The van der Waals surface area contributed by atoms with E-state index in [1.54, 1.807) is 25.3 Å². The van der Waals surface area contributed by atoms with Crippen molar-refractivity contribution >= 4 is 5.91 Å². The Hall–Kier alpha value is -2.69. The van der Waals surface area contributed by atoms with Crippen LogP contribution in [0.4, 0.5) is 0 Å². The number of rotatable bonds is 4. The molecule has 1 amide bonds. The third-order valence-electron chi connectivity index (χ3n) is 3.60. The zero-order chi connectivity index (χ0) is 15.5. The number of hydrogen-bond donors (Lipinski definition) is 1. The molecule has 5 nitrogen and oxygen atoms in total. The number of carbonyl (C=O) groups is 1. The fourth-order valence-electron chi connectivity index (χ4n) is 2.29. The highest BCUT2D eigenvalue weighted by atomic mass is 16.7. The van der Waals surface area contributed by atoms with Gasteiger partial charge in [0.15, 0.2) is 11.5 Å². The van der Waals surface area contributed by atoms with Crippen LogP contribution in [0.15, 0.2) is 42.5 Å². The molecule has 0 saturated carbocycles. The van der Waals surface area contributed by atoms with Crippen molar-refractivity contribution in [2.75, 3.05) is 13.9 Å². The monoisotopic (exact) mass is 299 g/mol. The molecule has 1 aliphatic rings. The van der Waals surface area contributed by atoms with Crippen LogP contribution in [0, 0.1) is 0 Å². The van der Waals surface area contributed by atoms with Crippen LogP contribution in [0.3, 0.4) is 0 Å². The van der Waals surface area contributed by atoms with Crippen molar-refractivity contribution in [2.24, 2.45) is 0 Å². The maximum atomic E-state index is 12.3. The summed E-state index contributed by atoms with van der Waals surface area (Å²) in [7, 11) is 1.62. The van der Waals surface area contributed by atoms with Crippen molar-refractivity contribution in [3.63, 3.8) is 0 Å². The van der Waals surface area contributed by atoms with Gasteiger partial charge in [-0.05, 0) is 42.8 Å². The minimum absolute atomic E-state index is 0.108. The van der Waals surface area contributed by atoms with Crippen LogP contribution < -0.4 is 19.5 Å². The summed E-state index contributed by atoms with van der Waals surface area (Å²) in [5.74, 6) is 1.91. The molecule has 2 aromatic rings. The molecule has 3 rings (SSSR count). The lowest BCUT2D eigenvalue weighted by Gasteiger charge is -2.15. The van der Waals surface area contributed by atoms with Gasteiger partial charge in [0.25, 0.3) is 5.91 Å². The van der Waals surface area contributed by atoms with E-state index in [0.29, 0.717) is 17.1 Å². The van der Waals surface area contributed by atoms with Gasteiger partial charge in [0, 0.05) is 5.56 Å². The van der Waals surface area contributed by atoms with Gasteiger partial charge in [-0.15, -0.1) is 0 Å². The minimum Gasteiger partial charge on any atom is -0.497 e. The smallest absolute Gasteiger partial charge is 0.251 e. The molecule has 0 bridgehead atoms. The Balaban J connectivity index is 1.70. The molecule has 5 heteroatoms. The van der Waals surface area contributed by atoms with Gasteiger partial charge < -0.3 is 19.5 Å². The molecule has 0 aliphatic carbocycles. The Bertz CT molecular complexity index is 682. The standard InChI is InChI=1S/C17H17NO4/c1-11(12-3-6-14(20-2)7-4-12)18-17(19)13-5-8-15-16(9-13)22-10-21-15/h3-9,11H,10H2,1-2H3,(H,18,19)/t11-/m1/s1. The molecule has 1 aliphatic heterocycles. The molecule has 1 N–H and O–H groups in total. The zero-order valence-electron chi connectivity index (χ0n) is 12.5. The van der Waals surface area contributed by atoms with Crippen LogP contribution >= 0.6 is 0 Å². The number of hydrogen-bond acceptors (Lipinski definition) is 4. The predicted octanol–water partition coefficient (Wildman–Crippen LogP) is 2.91. The lowest BCUT2D eigenvalue weighted by atomic mass is 10.1. The van der Waals surface area contributed by atoms with Crippen molar-refractivity contribution in [3.8, 4) is 17.2 Å². The summed E-state index contributed by atoms with van der Waals surface area (Å²) in [6.45, 7) is 2.13. The molecule has 114 valence electrons. The minimum atomic E-state index is -0.151. The first-order valence-electron chi connectivity index (χ1n) is 7.02. The van der Waals surface area contributed by atoms with Gasteiger partial charge in [-0.25, -0.2) is 0 Å². The highest BCUT2D eigenvalue weighted by Gasteiger charge is 2.17. The average Bonchev–Trinajstić information content (AvgIpc) is 3.02. The highest BCUT2D eigenvalue weighted by molar-refractivity contribution is 5.95. The second kappa shape index (κ2) is 5.97. The highest BCUT2D eigenvalue weighted by Crippen LogP contribution is 2.32. The van der Waals surface area contributed by atoms with E-state index >= 15 is 0 Å². The first-order valence-corrected chi connectivity index (χ1v) is 7.02. The van der Waals surface area contributed by atoms with Gasteiger partial charge >= 0.3 is 0 Å².